The predicted molar refractivity (Wildman–Crippen MR) is 158 cm³/mol. The van der Waals surface area contributed by atoms with Crippen molar-refractivity contribution in [3.05, 3.63) is 124 Å². The van der Waals surface area contributed by atoms with Gasteiger partial charge in [-0.05, 0) is 70.5 Å². The average Bonchev–Trinajstić information content (AvgIpc) is 3.42. The van der Waals surface area contributed by atoms with Gasteiger partial charge in [-0.25, -0.2) is 4.39 Å². The van der Waals surface area contributed by atoms with E-state index in [1.54, 1.807) is 12.1 Å². The molecule has 36 heavy (non-hydrogen) atoms. The topological polar surface area (TPSA) is 12.9 Å². The van der Waals surface area contributed by atoms with Crippen molar-refractivity contribution < 1.29 is 4.39 Å². The molecule has 0 N–H and O–H groups in total. The molecule has 0 atom stereocenters. The quantitative estimate of drug-likeness (QED) is 0.269. The Kier molecular flexibility index (Phi) is 15.3. The molecule has 194 valence electrons. The minimum atomic E-state index is -0.147. The summed E-state index contributed by atoms with van der Waals surface area (Å²) in [5.41, 5.74) is 3.63. The third kappa shape index (κ3) is 13.3. The smallest absolute Gasteiger partial charge is 0.123 e. The fourth-order valence-corrected chi connectivity index (χ4v) is 3.78. The average molecular weight is 506 g/mol. The van der Waals surface area contributed by atoms with Gasteiger partial charge in [-0.15, -0.1) is 11.3 Å². The molecule has 0 fully saturated rings. The van der Waals surface area contributed by atoms with Crippen LogP contribution in [-0.2, 0) is 0 Å². The molecule has 0 aliphatic carbocycles. The zero-order valence-electron chi connectivity index (χ0n) is 23.3. The first-order valence-corrected chi connectivity index (χ1v) is 13.7. The lowest BCUT2D eigenvalue weighted by Gasteiger charge is -2.02. The van der Waals surface area contributed by atoms with Crippen molar-refractivity contribution in [3.63, 3.8) is 0 Å². The molecular weight excluding hydrogens is 461 g/mol. The Bertz CT molecular complexity index is 996. The van der Waals surface area contributed by atoms with E-state index in [-0.39, 0.29) is 5.82 Å². The number of nitrogens with zero attached hydrogens (tertiary/aromatic N) is 1. The number of aromatic nitrogens is 1. The summed E-state index contributed by atoms with van der Waals surface area (Å²) < 4.78 is 12.5. The summed E-state index contributed by atoms with van der Waals surface area (Å²) >= 11 is 1.83. The second-order valence-electron chi connectivity index (χ2n) is 9.85. The highest BCUT2D eigenvalue weighted by atomic mass is 32.1. The van der Waals surface area contributed by atoms with Crippen LogP contribution in [0.2, 0.25) is 0 Å². The number of rotatable bonds is 4. The first-order valence-electron chi connectivity index (χ1n) is 12.9. The van der Waals surface area contributed by atoms with Gasteiger partial charge in [0.25, 0.3) is 0 Å². The number of hydrogen-bond acceptors (Lipinski definition) is 2. The number of halogens is 1. The van der Waals surface area contributed by atoms with Gasteiger partial charge >= 0.3 is 0 Å². The largest absolute Gasteiger partial charge is 0.261 e. The van der Waals surface area contributed by atoms with Gasteiger partial charge in [0, 0.05) is 16.8 Å². The van der Waals surface area contributed by atoms with Crippen molar-refractivity contribution in [1.82, 2.24) is 4.98 Å². The number of thiophene rings is 1. The third-order valence-corrected chi connectivity index (χ3v) is 6.55. The Morgan fingerprint density at radius 2 is 1.19 bits per heavy atom. The minimum Gasteiger partial charge on any atom is -0.261 e. The van der Waals surface area contributed by atoms with E-state index in [2.05, 4.69) is 102 Å². The van der Waals surface area contributed by atoms with Crippen LogP contribution in [-0.4, -0.2) is 4.98 Å². The van der Waals surface area contributed by atoms with Gasteiger partial charge in [0.15, 0.2) is 0 Å². The van der Waals surface area contributed by atoms with Crippen LogP contribution in [0.1, 0.15) is 101 Å². The van der Waals surface area contributed by atoms with Crippen LogP contribution in [0.3, 0.4) is 0 Å². The molecule has 4 rings (SSSR count). The van der Waals surface area contributed by atoms with E-state index >= 15 is 0 Å². The second kappa shape index (κ2) is 17.6. The molecule has 0 saturated carbocycles. The molecule has 0 aliphatic heterocycles. The molecule has 0 unspecified atom stereocenters. The Morgan fingerprint density at radius 1 is 0.583 bits per heavy atom. The Hall–Kier alpha value is -2.78. The molecule has 0 bridgehead atoms. The summed E-state index contributed by atoms with van der Waals surface area (Å²) in [6.07, 6.45) is 1.83. The molecular formula is C33H44FNS. The highest BCUT2D eigenvalue weighted by Crippen LogP contribution is 2.19. The van der Waals surface area contributed by atoms with Crippen LogP contribution in [0.15, 0.2) is 96.5 Å². The second-order valence-corrected chi connectivity index (χ2v) is 10.8. The number of hydrogen-bond donors (Lipinski definition) is 0. The Morgan fingerprint density at radius 3 is 1.53 bits per heavy atom. The van der Waals surface area contributed by atoms with Crippen LogP contribution < -0.4 is 0 Å². The van der Waals surface area contributed by atoms with Crippen molar-refractivity contribution in [2.75, 3.05) is 0 Å². The summed E-state index contributed by atoms with van der Waals surface area (Å²) in [5.74, 6) is 2.18. The van der Waals surface area contributed by atoms with E-state index in [9.17, 15) is 4.39 Å². The van der Waals surface area contributed by atoms with E-state index in [1.807, 2.05) is 47.9 Å². The van der Waals surface area contributed by atoms with E-state index in [1.165, 1.54) is 16.5 Å². The van der Waals surface area contributed by atoms with Crippen molar-refractivity contribution >= 4 is 11.3 Å². The third-order valence-electron chi connectivity index (χ3n) is 5.37. The number of benzene rings is 2. The molecule has 2 aromatic heterocycles. The van der Waals surface area contributed by atoms with E-state index < -0.39 is 0 Å². The standard InChI is InChI=1S/C9H11F.C9H12.C8H11N.C7H10S/c1-7(2)8-4-3-5-9(10)6-8;1-8(2)9-6-4-3-5-7-9;1-7(2)8-5-3-4-6-9-8;1-6(2)7-4-3-5-8-7/h3-7H,1-2H3;3-8H,1-2H3;3-7H,1-2H3;3-6H,1-2H3. The normalized spacial score (nSPS) is 10.2. The lowest BCUT2D eigenvalue weighted by Crippen LogP contribution is -1.88. The maximum Gasteiger partial charge on any atom is 0.123 e. The molecule has 2 heterocycles. The van der Waals surface area contributed by atoms with Gasteiger partial charge in [-0.1, -0.05) is 110 Å². The first-order chi connectivity index (χ1) is 17.1. The molecule has 0 amide bonds. The van der Waals surface area contributed by atoms with Gasteiger partial charge in [0.2, 0.25) is 0 Å². The Labute approximate surface area is 223 Å². The van der Waals surface area contributed by atoms with Gasteiger partial charge in [0.1, 0.15) is 5.82 Å². The molecule has 0 aliphatic rings. The number of pyridine rings is 1. The predicted octanol–water partition coefficient (Wildman–Crippen LogP) is 10.8. The summed E-state index contributed by atoms with van der Waals surface area (Å²) in [7, 11) is 0. The fraction of sp³-hybridized carbons (Fsp3) is 0.364. The molecule has 0 spiro atoms. The maximum atomic E-state index is 12.5. The Balaban J connectivity index is 0.000000241. The van der Waals surface area contributed by atoms with Gasteiger partial charge < -0.3 is 0 Å². The van der Waals surface area contributed by atoms with Crippen LogP contribution in [0.5, 0.6) is 0 Å². The minimum absolute atomic E-state index is 0.147. The van der Waals surface area contributed by atoms with Gasteiger partial charge in [-0.3, -0.25) is 4.98 Å². The van der Waals surface area contributed by atoms with Gasteiger partial charge in [0.05, 0.1) is 0 Å². The van der Waals surface area contributed by atoms with Crippen LogP contribution in [0.4, 0.5) is 4.39 Å². The molecule has 0 saturated heterocycles. The van der Waals surface area contributed by atoms with Crippen molar-refractivity contribution in [3.8, 4) is 0 Å². The zero-order valence-corrected chi connectivity index (χ0v) is 24.1. The summed E-state index contributed by atoms with van der Waals surface area (Å²) in [5, 5.41) is 2.12. The zero-order chi connectivity index (χ0) is 26.9. The summed E-state index contributed by atoms with van der Waals surface area (Å²) in [6.45, 7) is 17.2. The maximum absolute atomic E-state index is 12.5. The molecule has 0 radical (unpaired) electrons. The monoisotopic (exact) mass is 505 g/mol. The molecule has 2 aromatic carbocycles. The fourth-order valence-electron chi connectivity index (χ4n) is 3.04. The van der Waals surface area contributed by atoms with Crippen LogP contribution >= 0.6 is 11.3 Å². The van der Waals surface area contributed by atoms with E-state index in [4.69, 9.17) is 0 Å². The van der Waals surface area contributed by atoms with Crippen molar-refractivity contribution in [1.29, 1.82) is 0 Å². The summed E-state index contributed by atoms with van der Waals surface area (Å²) in [6, 6.07) is 27.5. The molecule has 3 heteroatoms. The highest BCUT2D eigenvalue weighted by molar-refractivity contribution is 7.10. The summed E-state index contributed by atoms with van der Waals surface area (Å²) in [4.78, 5) is 5.66. The van der Waals surface area contributed by atoms with Crippen LogP contribution in [0, 0.1) is 5.82 Å². The lowest BCUT2D eigenvalue weighted by atomic mass is 10.0. The highest BCUT2D eigenvalue weighted by Gasteiger charge is 1.98. The van der Waals surface area contributed by atoms with Crippen molar-refractivity contribution in [2.45, 2.75) is 79.1 Å². The van der Waals surface area contributed by atoms with E-state index in [0.29, 0.717) is 23.7 Å². The molecule has 1 nitrogen and oxygen atoms in total. The lowest BCUT2D eigenvalue weighted by molar-refractivity contribution is 0.623. The van der Waals surface area contributed by atoms with Crippen molar-refractivity contribution in [2.24, 2.45) is 0 Å². The van der Waals surface area contributed by atoms with E-state index in [0.717, 1.165) is 11.3 Å². The molecule has 4 aromatic rings. The first kappa shape index (κ1) is 31.3. The van der Waals surface area contributed by atoms with Crippen LogP contribution in [0.25, 0.3) is 0 Å². The SMILES string of the molecule is CC(C)c1cccc(F)c1.CC(C)c1ccccc1.CC(C)c1ccccn1.CC(C)c1cccs1. The van der Waals surface area contributed by atoms with Gasteiger partial charge in [-0.2, -0.15) is 0 Å².